The van der Waals surface area contributed by atoms with Gasteiger partial charge >= 0.3 is 0 Å². The molecule has 16 N–H and O–H groups in total. The summed E-state index contributed by atoms with van der Waals surface area (Å²) in [6, 6.07) is 7.40. The molecule has 5 heterocycles. The molecule has 0 radical (unpaired) electrons. The van der Waals surface area contributed by atoms with E-state index in [2.05, 4.69) is 66.0 Å². The van der Waals surface area contributed by atoms with Crippen molar-refractivity contribution in [3.8, 4) is 32.6 Å². The number of rotatable bonds is 17. The fourth-order valence-electron chi connectivity index (χ4n) is 12.3. The van der Waals surface area contributed by atoms with Gasteiger partial charge in [-0.05, 0) is 106 Å². The normalized spacial score (nSPS) is 27.0. The second-order valence-corrected chi connectivity index (χ2v) is 25.2. The Labute approximate surface area is 560 Å². The number of halogens is 2. The first-order valence-electron chi connectivity index (χ1n) is 31.3. The SMILES string of the molecule is C[C@@H](O)[C@@H]1NC(=O)[C@@H](NC(=O)c2ccc(-c3nnc(-c4ccc(N5CCC(OC6C=CCCC6)CC5)cc4)s3)cc2)C[C@@H](O)CNC(=O)[C@@H]2[C@@H](O)[C@@H](C)CN2C(=O)[C@H]([C@H](O)CCN)NC(=O)[C@H]([C@H](O)Cc2ccc(O)c(OCCN)c2)NC(=O)[C@@H]2C[C@@H](O)CN2C1=O.Cl.Cl. The zero-order valence-corrected chi connectivity index (χ0v) is 54.6. The van der Waals surface area contributed by atoms with Crippen LogP contribution in [0, 0.1) is 5.92 Å². The number of anilines is 1. The highest BCUT2D eigenvalue weighted by molar-refractivity contribution is 7.17. The Morgan fingerprint density at radius 2 is 1.40 bits per heavy atom. The zero-order valence-electron chi connectivity index (χ0n) is 52.1. The first kappa shape index (κ1) is 74.3. The van der Waals surface area contributed by atoms with Crippen LogP contribution in [0.15, 0.2) is 78.9 Å². The van der Waals surface area contributed by atoms with Gasteiger partial charge in [0.05, 0.1) is 48.8 Å². The van der Waals surface area contributed by atoms with Gasteiger partial charge in [0.15, 0.2) is 11.5 Å². The number of ether oxygens (including phenoxy) is 2. The van der Waals surface area contributed by atoms with Gasteiger partial charge in [-0.25, -0.2) is 0 Å². The number of aliphatic hydroxyl groups excluding tert-OH is 6. The van der Waals surface area contributed by atoms with Crippen molar-refractivity contribution in [2.75, 3.05) is 57.3 Å². The lowest BCUT2D eigenvalue weighted by molar-refractivity contribution is -0.147. The number of phenols is 1. The number of hydrogen-bond acceptors (Lipinski definition) is 22. The van der Waals surface area contributed by atoms with Crippen molar-refractivity contribution in [3.63, 3.8) is 0 Å². The Morgan fingerprint density at radius 1 is 0.755 bits per heavy atom. The molecule has 7 amide bonds. The van der Waals surface area contributed by atoms with Crippen LogP contribution in [0.4, 0.5) is 5.69 Å². The first-order valence-corrected chi connectivity index (χ1v) is 32.1. The number of carbonyl (C=O) groups is 7. The van der Waals surface area contributed by atoms with Gasteiger partial charge in [0.1, 0.15) is 52.9 Å². The Hall–Kier alpha value is -7.13. The summed E-state index contributed by atoms with van der Waals surface area (Å²) in [6.45, 7) is 2.85. The smallest absolute Gasteiger partial charge is 0.251 e. The summed E-state index contributed by atoms with van der Waals surface area (Å²) in [7, 11) is 0. The van der Waals surface area contributed by atoms with Crippen LogP contribution >= 0.6 is 36.2 Å². The van der Waals surface area contributed by atoms with Crippen molar-refractivity contribution in [2.45, 2.75) is 157 Å². The van der Waals surface area contributed by atoms with Crippen molar-refractivity contribution >= 4 is 83.2 Å². The van der Waals surface area contributed by atoms with Gasteiger partial charge < -0.3 is 98.0 Å². The number of aromatic nitrogens is 2. The second kappa shape index (κ2) is 34.0. The van der Waals surface area contributed by atoms with Gasteiger partial charge in [-0.15, -0.1) is 35.0 Å². The van der Waals surface area contributed by atoms with Gasteiger partial charge in [0, 0.05) is 86.8 Å². The zero-order chi connectivity index (χ0) is 65.9. The lowest BCUT2D eigenvalue weighted by atomic mass is 9.98. The van der Waals surface area contributed by atoms with Gasteiger partial charge in [0.2, 0.25) is 35.4 Å². The molecule has 4 fully saturated rings. The lowest BCUT2D eigenvalue weighted by Crippen LogP contribution is -2.64. The number of aromatic hydroxyl groups is 1. The maximum Gasteiger partial charge on any atom is 0.251 e. The lowest BCUT2D eigenvalue weighted by Gasteiger charge is -2.35. The molecule has 28 nitrogen and oxygen atoms in total. The number of phenolic OH excluding ortho intramolecular Hbond substituents is 1. The van der Waals surface area contributed by atoms with Gasteiger partial charge in [0.25, 0.3) is 5.91 Å². The number of β-amino-alcohol motifs (C(OH)–C–C–N with tert-alkyl or cyclic N) is 1. The van der Waals surface area contributed by atoms with Crippen molar-refractivity contribution < 1.29 is 78.8 Å². The highest BCUT2D eigenvalue weighted by atomic mass is 35.5. The van der Waals surface area contributed by atoms with Crippen molar-refractivity contribution in [1.29, 1.82) is 0 Å². The van der Waals surface area contributed by atoms with E-state index in [0.717, 1.165) is 73.2 Å². The van der Waals surface area contributed by atoms with Gasteiger partial charge in [-0.2, -0.15) is 0 Å². The summed E-state index contributed by atoms with van der Waals surface area (Å²) in [5.74, 6) is -8.63. The Kier molecular flexibility index (Phi) is 26.9. The summed E-state index contributed by atoms with van der Waals surface area (Å²) in [5, 5.41) is 102. The monoisotopic (exact) mass is 1370 g/mol. The van der Waals surface area contributed by atoms with E-state index in [-0.39, 0.29) is 92.3 Å². The van der Waals surface area contributed by atoms with Crippen molar-refractivity contribution in [2.24, 2.45) is 17.4 Å². The van der Waals surface area contributed by atoms with Crippen LogP contribution in [0.1, 0.15) is 81.1 Å². The average Bonchev–Trinajstić information content (AvgIpc) is 1.62. The molecule has 4 saturated heterocycles. The predicted octanol–water partition coefficient (Wildman–Crippen LogP) is -0.850. The third-order valence-electron chi connectivity index (χ3n) is 17.4. The van der Waals surface area contributed by atoms with Crippen LogP contribution < -0.4 is 47.7 Å². The number of nitrogens with zero attached hydrogens (tertiary/aromatic N) is 5. The fourth-order valence-corrected chi connectivity index (χ4v) is 13.1. The number of piperidine rings is 1. The topological polar surface area (TPSA) is 427 Å². The summed E-state index contributed by atoms with van der Waals surface area (Å²) in [5.41, 5.74) is 14.3. The van der Waals surface area contributed by atoms with E-state index in [1.165, 1.54) is 48.6 Å². The van der Waals surface area contributed by atoms with E-state index in [1.54, 1.807) is 12.1 Å². The molecule has 1 aromatic heterocycles. The molecule has 94 heavy (non-hydrogen) atoms. The molecule has 14 atom stereocenters. The molecule has 3 aromatic carbocycles. The van der Waals surface area contributed by atoms with Gasteiger partial charge in [-0.1, -0.05) is 48.6 Å². The molecule has 31 heteroatoms. The van der Waals surface area contributed by atoms with E-state index in [0.29, 0.717) is 15.6 Å². The largest absolute Gasteiger partial charge is 0.504 e. The maximum absolute atomic E-state index is 14.7. The number of allylic oxidation sites excluding steroid dienone is 1. The number of hydrogen-bond donors (Lipinski definition) is 14. The minimum Gasteiger partial charge on any atom is -0.504 e. The van der Waals surface area contributed by atoms with E-state index < -0.39 is 152 Å². The number of amides is 7. The number of carbonyl (C=O) groups excluding carboxylic acids is 7. The highest BCUT2D eigenvalue weighted by Crippen LogP contribution is 2.34. The molecular weight excluding hydrogens is 1280 g/mol. The number of aliphatic hydroxyl groups is 6. The maximum atomic E-state index is 14.7. The van der Waals surface area contributed by atoms with Crippen LogP contribution in [0.5, 0.6) is 11.5 Å². The fraction of sp³-hybridized carbons (Fsp3) is 0.540. The van der Waals surface area contributed by atoms with E-state index in [9.17, 15) is 69.3 Å². The molecule has 0 bridgehead atoms. The molecule has 1 unspecified atom stereocenters. The Morgan fingerprint density at radius 3 is 2.04 bits per heavy atom. The molecule has 0 saturated carbocycles. The number of benzene rings is 3. The van der Waals surface area contributed by atoms with Crippen LogP contribution in [-0.2, 0) is 39.9 Å². The van der Waals surface area contributed by atoms with E-state index in [1.807, 2.05) is 12.1 Å². The Balaban J connectivity index is 0.00000625. The number of fused-ring (bicyclic) bond motifs is 2. The standard InChI is InChI=1S/C63H84N12O16S.2ClH/c1-33-31-75-53(54(33)82)59(87)66-30-40(77)28-44(67-55(83)36-9-11-37(12-10-36)60-71-72-61(92-60)38-13-15-39(16-14-38)73-23-19-43(20-24-73)91-42-6-4-3-5-7-42)56(84)68-50(34(2)76)62(88)74-32-41(78)29-45(74)57(85)69-51(58(86)70-52(63(75)89)47(80)18-21-64)48(81)26-35-8-17-46(79)49(27-35)90-25-22-65;;/h4,6,8-17,27,33-34,40-45,47-48,50-54,76-82H,3,5,7,18-26,28-32,64-65H2,1-2H3,(H,66,87)(H,67,83)(H,68,84)(H,69,85)(H,70,86);2*1H/t33-,34+,40+,41+,42?,44-,45-,47+,48+,50-,51-,52-,53-,54-;;/m0../s1. The number of nitrogens with one attached hydrogen (secondary N) is 5. The summed E-state index contributed by atoms with van der Waals surface area (Å²) >= 11 is 1.34. The first-order chi connectivity index (χ1) is 44.1. The van der Waals surface area contributed by atoms with E-state index >= 15 is 0 Å². The summed E-state index contributed by atoms with van der Waals surface area (Å²) in [4.78, 5) is 106. The molecule has 514 valence electrons. The van der Waals surface area contributed by atoms with Crippen molar-refractivity contribution in [3.05, 3.63) is 90.0 Å². The third kappa shape index (κ3) is 18.2. The molecule has 5 aliphatic rings. The predicted molar refractivity (Wildman–Crippen MR) is 350 cm³/mol. The van der Waals surface area contributed by atoms with E-state index in [4.69, 9.17) is 20.9 Å². The van der Waals surface area contributed by atoms with Crippen molar-refractivity contribution in [1.82, 2.24) is 46.6 Å². The minimum atomic E-state index is -2.04. The third-order valence-corrected chi connectivity index (χ3v) is 18.4. The highest BCUT2D eigenvalue weighted by Gasteiger charge is 2.50. The van der Waals surface area contributed by atoms with Gasteiger partial charge in [-0.3, -0.25) is 33.6 Å². The van der Waals surface area contributed by atoms with Crippen LogP contribution in [-0.4, -0.2) is 235 Å². The van der Waals surface area contributed by atoms with Crippen LogP contribution in [0.25, 0.3) is 21.1 Å². The average molecular weight is 1370 g/mol. The quantitative estimate of drug-likeness (QED) is 0.0573. The molecule has 9 rings (SSSR count). The number of nitrogens with two attached hydrogens (primary N) is 2. The minimum absolute atomic E-state index is 0. The molecule has 4 aliphatic heterocycles. The van der Waals surface area contributed by atoms with Crippen LogP contribution in [0.2, 0.25) is 0 Å². The molecule has 0 spiro atoms. The molecule has 1 aliphatic carbocycles. The second-order valence-electron chi connectivity index (χ2n) is 24.3. The summed E-state index contributed by atoms with van der Waals surface area (Å²) < 4.78 is 11.9. The molecule has 4 aromatic rings. The Bertz CT molecular complexity index is 3270. The molecular formula is C63H86Cl2N12O16S. The summed E-state index contributed by atoms with van der Waals surface area (Å²) in [6.07, 6.45) is -1.80. The van der Waals surface area contributed by atoms with Crippen LogP contribution in [0.3, 0.4) is 0 Å².